The van der Waals surface area contributed by atoms with E-state index in [0.717, 1.165) is 44.0 Å². The molecule has 2 heterocycles. The summed E-state index contributed by atoms with van der Waals surface area (Å²) >= 11 is 0. The largest absolute Gasteiger partial charge is 0.335 e. The van der Waals surface area contributed by atoms with Gasteiger partial charge in [-0.25, -0.2) is 13.8 Å². The molecule has 1 aliphatic heterocycles. The average molecular weight is 530 g/mol. The number of carbonyl (C=O) groups excluding carboxylic acids is 1. The first kappa shape index (κ1) is 28.7. The highest BCUT2D eigenvalue weighted by Gasteiger charge is 2.28. The van der Waals surface area contributed by atoms with Gasteiger partial charge in [0.05, 0.1) is 12.4 Å². The van der Waals surface area contributed by atoms with Crippen LogP contribution in [0.4, 0.5) is 14.6 Å². The quantitative estimate of drug-likeness (QED) is 0.392. The van der Waals surface area contributed by atoms with Crippen molar-refractivity contribution in [3.8, 4) is 0 Å². The topological polar surface area (TPSA) is 62.2 Å². The second kappa shape index (κ2) is 12.7. The number of imidazole rings is 1. The molecule has 1 saturated heterocycles. The van der Waals surface area contributed by atoms with E-state index in [1.54, 1.807) is 6.33 Å². The minimum absolute atomic E-state index is 0.0317. The van der Waals surface area contributed by atoms with Crippen LogP contribution in [0.25, 0.3) is 0 Å². The molecule has 2 N–H and O–H groups in total. The minimum Gasteiger partial charge on any atom is -0.335 e. The van der Waals surface area contributed by atoms with Crippen molar-refractivity contribution in [1.29, 1.82) is 0 Å². The van der Waals surface area contributed by atoms with Crippen LogP contribution in [0.3, 0.4) is 0 Å². The summed E-state index contributed by atoms with van der Waals surface area (Å²) in [5.41, 5.74) is 1.61. The van der Waals surface area contributed by atoms with Crippen molar-refractivity contribution in [3.63, 3.8) is 0 Å². The Balaban J connectivity index is 1.26. The molecule has 2 unspecified atom stereocenters. The van der Waals surface area contributed by atoms with Crippen molar-refractivity contribution >= 4 is 11.7 Å². The standard InChI is InChI=1S/C30H45F2N5O/c1-5-8-27(34-23-12-11-21-15-22(31)16-26(32)25(21)17-23)29(38)35-28-18-36(20-33-28)13-6-9-24-10-7-14-37(24)19-30(2,3)4/h15-16,18,20,23-24,27,34H,5-14,17,19H2,1-4H3,(H,35,38)/t23?,24?,27-/m0/s1. The Hall–Kier alpha value is -2.32. The molecule has 210 valence electrons. The molecule has 0 bridgehead atoms. The zero-order chi connectivity index (χ0) is 27.3. The Morgan fingerprint density at radius 3 is 2.82 bits per heavy atom. The number of halogens is 2. The van der Waals surface area contributed by atoms with Gasteiger partial charge in [-0.3, -0.25) is 9.69 Å². The Morgan fingerprint density at radius 1 is 1.24 bits per heavy atom. The lowest BCUT2D eigenvalue weighted by Gasteiger charge is -2.31. The van der Waals surface area contributed by atoms with Crippen molar-refractivity contribution in [2.24, 2.45) is 5.41 Å². The van der Waals surface area contributed by atoms with E-state index in [4.69, 9.17) is 0 Å². The van der Waals surface area contributed by atoms with Crippen LogP contribution in [-0.4, -0.2) is 51.6 Å². The van der Waals surface area contributed by atoms with Crippen LogP contribution in [0.5, 0.6) is 0 Å². The number of nitrogens with one attached hydrogen (secondary N) is 2. The van der Waals surface area contributed by atoms with Gasteiger partial charge in [0, 0.05) is 37.4 Å². The van der Waals surface area contributed by atoms with Crippen LogP contribution in [-0.2, 0) is 24.2 Å². The summed E-state index contributed by atoms with van der Waals surface area (Å²) in [6.45, 7) is 12.2. The van der Waals surface area contributed by atoms with Gasteiger partial charge in [0.25, 0.3) is 0 Å². The summed E-state index contributed by atoms with van der Waals surface area (Å²) < 4.78 is 30.0. The lowest BCUT2D eigenvalue weighted by atomic mass is 9.87. The predicted molar refractivity (Wildman–Crippen MR) is 148 cm³/mol. The zero-order valence-electron chi connectivity index (χ0n) is 23.5. The Bertz CT molecular complexity index is 1080. The maximum absolute atomic E-state index is 14.3. The van der Waals surface area contributed by atoms with Crippen LogP contribution in [0.1, 0.15) is 83.8 Å². The maximum Gasteiger partial charge on any atom is 0.242 e. The first-order chi connectivity index (χ1) is 18.1. The number of aromatic nitrogens is 2. The van der Waals surface area contributed by atoms with Gasteiger partial charge in [0.15, 0.2) is 5.82 Å². The molecule has 0 spiro atoms. The molecule has 3 atom stereocenters. The first-order valence-corrected chi connectivity index (χ1v) is 14.4. The van der Waals surface area contributed by atoms with Crippen molar-refractivity contribution in [3.05, 3.63) is 47.4 Å². The molecule has 0 radical (unpaired) electrons. The third kappa shape index (κ3) is 7.85. The number of likely N-dealkylation sites (tertiary alicyclic amines) is 1. The van der Waals surface area contributed by atoms with E-state index in [2.05, 4.69) is 45.9 Å². The number of carbonyl (C=O) groups is 1. The van der Waals surface area contributed by atoms with Crippen LogP contribution in [0.15, 0.2) is 24.7 Å². The van der Waals surface area contributed by atoms with E-state index in [-0.39, 0.29) is 11.9 Å². The molecule has 1 fully saturated rings. The Labute approximate surface area is 226 Å². The highest BCUT2D eigenvalue weighted by molar-refractivity contribution is 5.94. The number of fused-ring (bicyclic) bond motifs is 1. The second-order valence-corrected chi connectivity index (χ2v) is 12.4. The average Bonchev–Trinajstić information content (AvgIpc) is 3.47. The van der Waals surface area contributed by atoms with E-state index in [1.165, 1.54) is 31.9 Å². The number of amides is 1. The maximum atomic E-state index is 14.3. The highest BCUT2D eigenvalue weighted by atomic mass is 19.1. The van der Waals surface area contributed by atoms with Crippen LogP contribution in [0, 0.1) is 17.0 Å². The molecule has 38 heavy (non-hydrogen) atoms. The summed E-state index contributed by atoms with van der Waals surface area (Å²) in [5.74, 6) is -0.588. The molecule has 4 rings (SSSR count). The van der Waals surface area contributed by atoms with E-state index in [1.807, 2.05) is 13.1 Å². The summed E-state index contributed by atoms with van der Waals surface area (Å²) in [7, 11) is 0. The Morgan fingerprint density at radius 2 is 2.05 bits per heavy atom. The molecule has 1 aliphatic carbocycles. The van der Waals surface area contributed by atoms with Gasteiger partial charge < -0.3 is 15.2 Å². The van der Waals surface area contributed by atoms with Crippen molar-refractivity contribution in [2.45, 2.75) is 110 Å². The SMILES string of the molecule is CCC[C@H](NC1CCc2cc(F)cc(F)c2C1)C(=O)Nc1cn(CCCC2CCCN2CC(C)(C)C)cn1. The summed E-state index contributed by atoms with van der Waals surface area (Å²) in [4.78, 5) is 20.2. The van der Waals surface area contributed by atoms with Gasteiger partial charge >= 0.3 is 0 Å². The number of aryl methyl sites for hydroxylation is 2. The van der Waals surface area contributed by atoms with E-state index < -0.39 is 17.7 Å². The first-order valence-electron chi connectivity index (χ1n) is 14.4. The summed E-state index contributed by atoms with van der Waals surface area (Å²) in [5, 5.41) is 6.41. The normalized spacial score (nSPS) is 20.9. The van der Waals surface area contributed by atoms with Gasteiger partial charge in [-0.1, -0.05) is 34.1 Å². The van der Waals surface area contributed by atoms with Gasteiger partial charge in [-0.05, 0) is 80.5 Å². The highest BCUT2D eigenvalue weighted by Crippen LogP contribution is 2.27. The van der Waals surface area contributed by atoms with Crippen molar-refractivity contribution in [1.82, 2.24) is 19.8 Å². The van der Waals surface area contributed by atoms with E-state index >= 15 is 0 Å². The fraction of sp³-hybridized carbons (Fsp3) is 0.667. The lowest BCUT2D eigenvalue weighted by Crippen LogP contribution is -2.48. The number of rotatable bonds is 11. The molecule has 6 nitrogen and oxygen atoms in total. The van der Waals surface area contributed by atoms with Crippen LogP contribution < -0.4 is 10.6 Å². The second-order valence-electron chi connectivity index (χ2n) is 12.4. The fourth-order valence-electron chi connectivity index (χ4n) is 6.10. The van der Waals surface area contributed by atoms with Crippen molar-refractivity contribution in [2.75, 3.05) is 18.4 Å². The smallest absolute Gasteiger partial charge is 0.242 e. The fourth-order valence-corrected chi connectivity index (χ4v) is 6.10. The lowest BCUT2D eigenvalue weighted by molar-refractivity contribution is -0.118. The van der Waals surface area contributed by atoms with Gasteiger partial charge in [-0.2, -0.15) is 0 Å². The molecule has 0 saturated carbocycles. The molecule has 1 aromatic heterocycles. The van der Waals surface area contributed by atoms with E-state index in [0.29, 0.717) is 42.1 Å². The molecule has 2 aromatic rings. The molecule has 1 amide bonds. The summed E-state index contributed by atoms with van der Waals surface area (Å²) in [6, 6.07) is 2.62. The number of anilines is 1. The van der Waals surface area contributed by atoms with E-state index in [9.17, 15) is 13.6 Å². The molecular weight excluding hydrogens is 484 g/mol. The van der Waals surface area contributed by atoms with Crippen LogP contribution in [0.2, 0.25) is 0 Å². The molecular formula is C30H45F2N5O. The third-order valence-corrected chi connectivity index (χ3v) is 7.81. The monoisotopic (exact) mass is 529 g/mol. The van der Waals surface area contributed by atoms with Gasteiger partial charge in [0.2, 0.25) is 5.91 Å². The van der Waals surface area contributed by atoms with Gasteiger partial charge in [-0.15, -0.1) is 0 Å². The summed E-state index contributed by atoms with van der Waals surface area (Å²) in [6.07, 6.45) is 11.8. The predicted octanol–water partition coefficient (Wildman–Crippen LogP) is 5.71. The zero-order valence-corrected chi connectivity index (χ0v) is 23.5. The minimum atomic E-state index is -0.531. The molecule has 1 aromatic carbocycles. The Kier molecular flexibility index (Phi) is 9.58. The number of hydrogen-bond acceptors (Lipinski definition) is 4. The number of nitrogens with zero attached hydrogens (tertiary/aromatic N) is 3. The van der Waals surface area contributed by atoms with Crippen molar-refractivity contribution < 1.29 is 13.6 Å². The third-order valence-electron chi connectivity index (χ3n) is 7.81. The molecule has 2 aliphatic rings. The van der Waals surface area contributed by atoms with Crippen LogP contribution >= 0.6 is 0 Å². The number of benzene rings is 1. The van der Waals surface area contributed by atoms with Gasteiger partial charge in [0.1, 0.15) is 11.6 Å². The molecule has 8 heteroatoms. The number of hydrogen-bond donors (Lipinski definition) is 2.